The second kappa shape index (κ2) is 11.0. The van der Waals surface area contributed by atoms with Gasteiger partial charge in [-0.25, -0.2) is 4.98 Å². The number of aromatic hydroxyl groups is 1. The zero-order chi connectivity index (χ0) is 23.1. The maximum Gasteiger partial charge on any atom is 0.270 e. The van der Waals surface area contributed by atoms with Crippen molar-refractivity contribution in [3.8, 4) is 17.2 Å². The summed E-state index contributed by atoms with van der Waals surface area (Å²) in [6.07, 6.45) is 0. The molecule has 2 aromatic rings. The number of benzene rings is 1. The Morgan fingerprint density at radius 3 is 2.29 bits per heavy atom. The fourth-order valence-electron chi connectivity index (χ4n) is 3.15. The van der Waals surface area contributed by atoms with Gasteiger partial charge in [-0.05, 0) is 27.7 Å². The lowest BCUT2D eigenvalue weighted by atomic mass is 10.1. The first-order valence-corrected chi connectivity index (χ1v) is 10.8. The van der Waals surface area contributed by atoms with E-state index in [0.29, 0.717) is 30.1 Å². The van der Waals surface area contributed by atoms with Gasteiger partial charge in [0.15, 0.2) is 16.6 Å². The summed E-state index contributed by atoms with van der Waals surface area (Å²) in [7, 11) is 2.87. The summed E-state index contributed by atoms with van der Waals surface area (Å²) in [5.74, 6) is -0.535. The molecule has 0 aliphatic heterocycles. The van der Waals surface area contributed by atoms with Crippen LogP contribution >= 0.6 is 11.3 Å². The first-order valence-electron chi connectivity index (χ1n) is 9.93. The third-order valence-corrected chi connectivity index (χ3v) is 5.44. The van der Waals surface area contributed by atoms with Crippen molar-refractivity contribution in [3.63, 3.8) is 0 Å². The Morgan fingerprint density at radius 2 is 1.71 bits per heavy atom. The number of carbonyl (C=O) groups is 2. The number of nitrogens with zero attached hydrogens (tertiary/aromatic N) is 2. The Bertz CT molecular complexity index is 905. The van der Waals surface area contributed by atoms with E-state index in [9.17, 15) is 14.7 Å². The van der Waals surface area contributed by atoms with E-state index in [0.717, 1.165) is 17.9 Å². The molecule has 0 saturated heterocycles. The average molecular weight is 451 g/mol. The number of aromatic nitrogens is 1. The highest BCUT2D eigenvalue weighted by atomic mass is 32.1. The van der Waals surface area contributed by atoms with Gasteiger partial charge in [0, 0.05) is 42.7 Å². The second-order valence-electron chi connectivity index (χ2n) is 7.40. The van der Waals surface area contributed by atoms with Gasteiger partial charge in [0.25, 0.3) is 11.8 Å². The number of hydrogen-bond donors (Lipinski definition) is 3. The topological polar surface area (TPSA) is 113 Å². The van der Waals surface area contributed by atoms with Crippen molar-refractivity contribution in [1.29, 1.82) is 0 Å². The highest BCUT2D eigenvalue weighted by Gasteiger charge is 2.19. The highest BCUT2D eigenvalue weighted by molar-refractivity contribution is 7.14. The van der Waals surface area contributed by atoms with Crippen LogP contribution in [0.2, 0.25) is 0 Å². The third-order valence-electron chi connectivity index (χ3n) is 4.69. The Balaban J connectivity index is 2.00. The van der Waals surface area contributed by atoms with Crippen molar-refractivity contribution in [2.24, 2.45) is 0 Å². The molecule has 0 atom stereocenters. The molecule has 1 heterocycles. The maximum absolute atomic E-state index is 12.5. The molecule has 0 aliphatic rings. The van der Waals surface area contributed by atoms with E-state index in [4.69, 9.17) is 9.47 Å². The molecule has 2 rings (SSSR count). The minimum atomic E-state index is -0.579. The van der Waals surface area contributed by atoms with E-state index in [1.54, 1.807) is 5.38 Å². The molecule has 0 bridgehead atoms. The van der Waals surface area contributed by atoms with Crippen LogP contribution in [0.4, 0.5) is 5.13 Å². The van der Waals surface area contributed by atoms with E-state index in [1.165, 1.54) is 26.4 Å². The van der Waals surface area contributed by atoms with Crippen LogP contribution in [0, 0.1) is 0 Å². The van der Waals surface area contributed by atoms with Gasteiger partial charge in [-0.1, -0.05) is 0 Å². The van der Waals surface area contributed by atoms with Gasteiger partial charge in [0.05, 0.1) is 19.8 Å². The van der Waals surface area contributed by atoms with E-state index in [2.05, 4.69) is 48.2 Å². The van der Waals surface area contributed by atoms with Gasteiger partial charge < -0.3 is 19.9 Å². The molecule has 0 spiro atoms. The first-order chi connectivity index (χ1) is 14.7. The SMILES string of the molecule is COc1cc(O)c(C(=O)Nc2nc(C(=O)NCCN(C(C)C)C(C)C)cs2)cc1OC. The predicted octanol–water partition coefficient (Wildman–Crippen LogP) is 2.97. The standard InChI is InChI=1S/C21H30N4O5S/c1-12(2)25(13(3)4)8-7-22-20(28)15-11-31-21(23-15)24-19(27)14-9-17(29-5)18(30-6)10-16(14)26/h9-13,26H,7-8H2,1-6H3,(H,22,28)(H,23,24,27). The molecule has 0 saturated carbocycles. The van der Waals surface area contributed by atoms with Crippen LogP contribution in [-0.4, -0.2) is 66.2 Å². The molecular weight excluding hydrogens is 420 g/mol. The number of rotatable bonds is 10. The van der Waals surface area contributed by atoms with Gasteiger partial charge in [0.2, 0.25) is 0 Å². The minimum absolute atomic E-state index is 0.00122. The summed E-state index contributed by atoms with van der Waals surface area (Å²) >= 11 is 1.12. The number of carbonyl (C=O) groups excluding carboxylic acids is 2. The number of thiazole rings is 1. The van der Waals surface area contributed by atoms with Crippen molar-refractivity contribution >= 4 is 28.3 Å². The van der Waals surface area contributed by atoms with Crippen LogP contribution < -0.4 is 20.1 Å². The zero-order valence-corrected chi connectivity index (χ0v) is 19.5. The zero-order valence-electron chi connectivity index (χ0n) is 18.7. The monoisotopic (exact) mass is 450 g/mol. The van der Waals surface area contributed by atoms with E-state index in [-0.39, 0.29) is 28.0 Å². The maximum atomic E-state index is 12.5. The van der Waals surface area contributed by atoms with Crippen LogP contribution in [-0.2, 0) is 0 Å². The fraction of sp³-hybridized carbons (Fsp3) is 0.476. The predicted molar refractivity (Wildman–Crippen MR) is 121 cm³/mol. The van der Waals surface area contributed by atoms with Crippen LogP contribution in [0.1, 0.15) is 48.5 Å². The van der Waals surface area contributed by atoms with Crippen LogP contribution in [0.3, 0.4) is 0 Å². The Morgan fingerprint density at radius 1 is 1.10 bits per heavy atom. The number of anilines is 1. The summed E-state index contributed by atoms with van der Waals surface area (Å²) < 4.78 is 10.3. The average Bonchev–Trinajstić information content (AvgIpc) is 3.18. The highest BCUT2D eigenvalue weighted by Crippen LogP contribution is 2.34. The quantitative estimate of drug-likeness (QED) is 0.510. The van der Waals surface area contributed by atoms with Crippen molar-refractivity contribution in [1.82, 2.24) is 15.2 Å². The smallest absolute Gasteiger partial charge is 0.270 e. The molecule has 0 radical (unpaired) electrons. The first kappa shape index (κ1) is 24.4. The lowest BCUT2D eigenvalue weighted by Crippen LogP contribution is -2.42. The fourth-order valence-corrected chi connectivity index (χ4v) is 3.84. The summed E-state index contributed by atoms with van der Waals surface area (Å²) in [4.78, 5) is 31.4. The lowest BCUT2D eigenvalue weighted by molar-refractivity contribution is 0.0934. The van der Waals surface area contributed by atoms with Crippen LogP contribution in [0.5, 0.6) is 17.2 Å². The number of hydrogen-bond acceptors (Lipinski definition) is 8. The Kier molecular flexibility index (Phi) is 8.64. The molecular formula is C21H30N4O5S. The summed E-state index contributed by atoms with van der Waals surface area (Å²) in [6, 6.07) is 3.43. The molecule has 1 aromatic carbocycles. The van der Waals surface area contributed by atoms with Crippen molar-refractivity contribution < 1.29 is 24.2 Å². The molecule has 0 aliphatic carbocycles. The van der Waals surface area contributed by atoms with Crippen molar-refractivity contribution in [3.05, 3.63) is 28.8 Å². The number of phenolic OH excluding ortho intramolecular Hbond substituents is 1. The molecule has 2 amide bonds. The summed E-state index contributed by atoms with van der Waals surface area (Å²) in [5, 5.41) is 17.4. The molecule has 0 unspecified atom stereocenters. The molecule has 9 nitrogen and oxygen atoms in total. The second-order valence-corrected chi connectivity index (χ2v) is 8.26. The molecule has 170 valence electrons. The largest absolute Gasteiger partial charge is 0.507 e. The minimum Gasteiger partial charge on any atom is -0.507 e. The summed E-state index contributed by atoms with van der Waals surface area (Å²) in [5.41, 5.74) is 0.221. The molecule has 0 fully saturated rings. The Hall–Kier alpha value is -2.85. The van der Waals surface area contributed by atoms with Crippen molar-refractivity contribution in [2.75, 3.05) is 32.6 Å². The number of amides is 2. The van der Waals surface area contributed by atoms with Crippen molar-refractivity contribution in [2.45, 2.75) is 39.8 Å². The third kappa shape index (κ3) is 6.31. The van der Waals surface area contributed by atoms with Gasteiger partial charge in [-0.2, -0.15) is 0 Å². The number of ether oxygens (including phenoxy) is 2. The molecule has 3 N–H and O–H groups in total. The van der Waals surface area contributed by atoms with E-state index >= 15 is 0 Å². The number of phenols is 1. The molecule has 10 heteroatoms. The van der Waals surface area contributed by atoms with Crippen LogP contribution in [0.15, 0.2) is 17.5 Å². The van der Waals surface area contributed by atoms with Gasteiger partial charge >= 0.3 is 0 Å². The van der Waals surface area contributed by atoms with Gasteiger partial charge in [-0.3, -0.25) is 19.8 Å². The van der Waals surface area contributed by atoms with E-state index < -0.39 is 5.91 Å². The van der Waals surface area contributed by atoms with E-state index in [1.807, 2.05) is 0 Å². The van der Waals surface area contributed by atoms with Gasteiger partial charge in [0.1, 0.15) is 11.4 Å². The summed E-state index contributed by atoms with van der Waals surface area (Å²) in [6.45, 7) is 9.70. The lowest BCUT2D eigenvalue weighted by Gasteiger charge is -2.30. The van der Waals surface area contributed by atoms with Crippen LogP contribution in [0.25, 0.3) is 0 Å². The number of nitrogens with one attached hydrogen (secondary N) is 2. The Labute approximate surface area is 186 Å². The molecule has 1 aromatic heterocycles. The molecule has 31 heavy (non-hydrogen) atoms. The number of methoxy groups -OCH3 is 2. The normalized spacial score (nSPS) is 11.1. The van der Waals surface area contributed by atoms with Gasteiger partial charge in [-0.15, -0.1) is 11.3 Å².